The summed E-state index contributed by atoms with van der Waals surface area (Å²) in [6, 6.07) is 20.5. The van der Waals surface area contributed by atoms with Gasteiger partial charge in [-0.1, -0.05) is 41.9 Å². The number of hydrogen-bond donors (Lipinski definition) is 2. The van der Waals surface area contributed by atoms with Gasteiger partial charge in [0.15, 0.2) is 0 Å². The van der Waals surface area contributed by atoms with Crippen LogP contribution in [0.25, 0.3) is 22.9 Å². The van der Waals surface area contributed by atoms with E-state index in [-0.39, 0.29) is 23.4 Å². The Morgan fingerprint density at radius 3 is 2.43 bits per heavy atom. The molecule has 7 nitrogen and oxygen atoms in total. The van der Waals surface area contributed by atoms with Gasteiger partial charge in [-0.3, -0.25) is 4.79 Å². The summed E-state index contributed by atoms with van der Waals surface area (Å²) in [5.74, 6) is 0.165. The SMILES string of the molecule is O=C(N/N=C/c1ccccc1Cl)c1ccc(-c2nnc(-c3ccccc3O)o2)cc1. The number of para-hydroxylation sites is 1. The molecule has 0 saturated carbocycles. The van der Waals surface area contributed by atoms with Crippen LogP contribution in [0.5, 0.6) is 5.75 Å². The second-order valence-corrected chi connectivity index (χ2v) is 6.63. The van der Waals surface area contributed by atoms with Crippen molar-refractivity contribution in [2.45, 2.75) is 0 Å². The number of halogens is 1. The zero-order valence-corrected chi connectivity index (χ0v) is 16.2. The molecule has 148 valence electrons. The van der Waals surface area contributed by atoms with Gasteiger partial charge in [0.05, 0.1) is 11.8 Å². The van der Waals surface area contributed by atoms with Gasteiger partial charge in [-0.05, 0) is 42.5 Å². The molecule has 0 radical (unpaired) electrons. The number of rotatable bonds is 5. The molecule has 0 aliphatic carbocycles. The Morgan fingerprint density at radius 1 is 0.967 bits per heavy atom. The van der Waals surface area contributed by atoms with E-state index in [2.05, 4.69) is 20.7 Å². The van der Waals surface area contributed by atoms with E-state index in [0.29, 0.717) is 27.3 Å². The van der Waals surface area contributed by atoms with Crippen molar-refractivity contribution in [3.05, 3.63) is 88.9 Å². The summed E-state index contributed by atoms with van der Waals surface area (Å²) in [5.41, 5.74) is 4.66. The van der Waals surface area contributed by atoms with Gasteiger partial charge >= 0.3 is 0 Å². The maximum Gasteiger partial charge on any atom is 0.271 e. The highest BCUT2D eigenvalue weighted by Crippen LogP contribution is 2.29. The first-order valence-corrected chi connectivity index (χ1v) is 9.30. The molecule has 0 unspecified atom stereocenters. The van der Waals surface area contributed by atoms with Gasteiger partial charge < -0.3 is 9.52 Å². The fraction of sp³-hybridized carbons (Fsp3) is 0. The minimum atomic E-state index is -0.370. The molecule has 0 bridgehead atoms. The maximum absolute atomic E-state index is 12.3. The fourth-order valence-corrected chi connectivity index (χ4v) is 2.86. The van der Waals surface area contributed by atoms with Gasteiger partial charge in [-0.2, -0.15) is 5.10 Å². The number of hydrazone groups is 1. The van der Waals surface area contributed by atoms with Crippen molar-refractivity contribution in [3.8, 4) is 28.7 Å². The van der Waals surface area contributed by atoms with Gasteiger partial charge in [0.1, 0.15) is 5.75 Å². The first-order valence-electron chi connectivity index (χ1n) is 8.92. The van der Waals surface area contributed by atoms with E-state index in [0.717, 1.165) is 0 Å². The average molecular weight is 419 g/mol. The van der Waals surface area contributed by atoms with Crippen LogP contribution in [0.1, 0.15) is 15.9 Å². The number of carbonyl (C=O) groups is 1. The van der Waals surface area contributed by atoms with Crippen molar-refractivity contribution in [1.82, 2.24) is 15.6 Å². The van der Waals surface area contributed by atoms with Gasteiger partial charge in [0.25, 0.3) is 11.8 Å². The standard InChI is InChI=1S/C22H15ClN4O3/c23-18-7-3-1-5-16(18)13-24-25-20(29)14-9-11-15(12-10-14)21-26-27-22(30-21)17-6-2-4-8-19(17)28/h1-13,28H,(H,25,29)/b24-13+. The van der Waals surface area contributed by atoms with E-state index >= 15 is 0 Å². The summed E-state index contributed by atoms with van der Waals surface area (Å²) in [6.45, 7) is 0. The van der Waals surface area contributed by atoms with E-state index in [1.807, 2.05) is 12.1 Å². The van der Waals surface area contributed by atoms with Crippen LogP contribution in [0.3, 0.4) is 0 Å². The summed E-state index contributed by atoms with van der Waals surface area (Å²) in [5, 5.41) is 22.4. The summed E-state index contributed by atoms with van der Waals surface area (Å²) in [7, 11) is 0. The lowest BCUT2D eigenvalue weighted by Gasteiger charge is -2.01. The average Bonchev–Trinajstić information content (AvgIpc) is 3.25. The molecule has 1 heterocycles. The first-order chi connectivity index (χ1) is 14.6. The lowest BCUT2D eigenvalue weighted by Crippen LogP contribution is -2.17. The predicted octanol–water partition coefficient (Wildman–Crippen LogP) is 4.53. The Morgan fingerprint density at radius 2 is 1.67 bits per heavy atom. The van der Waals surface area contributed by atoms with Crippen LogP contribution >= 0.6 is 11.6 Å². The number of carbonyl (C=O) groups excluding carboxylic acids is 1. The van der Waals surface area contributed by atoms with Crippen LogP contribution < -0.4 is 5.43 Å². The topological polar surface area (TPSA) is 101 Å². The lowest BCUT2D eigenvalue weighted by molar-refractivity contribution is 0.0955. The van der Waals surface area contributed by atoms with Gasteiger partial charge in [-0.25, -0.2) is 5.43 Å². The zero-order valence-electron chi connectivity index (χ0n) is 15.5. The van der Waals surface area contributed by atoms with Crippen LogP contribution in [-0.2, 0) is 0 Å². The second kappa shape index (κ2) is 8.59. The van der Waals surface area contributed by atoms with Crippen LogP contribution in [-0.4, -0.2) is 27.4 Å². The number of benzene rings is 3. The van der Waals surface area contributed by atoms with Gasteiger partial charge in [-0.15, -0.1) is 10.2 Å². The quantitative estimate of drug-likeness (QED) is 0.366. The molecule has 0 aliphatic heterocycles. The van der Waals surface area contributed by atoms with E-state index in [4.69, 9.17) is 16.0 Å². The third kappa shape index (κ3) is 4.21. The number of aromatic nitrogens is 2. The van der Waals surface area contributed by atoms with E-state index < -0.39 is 0 Å². The van der Waals surface area contributed by atoms with Crippen molar-refractivity contribution in [2.75, 3.05) is 0 Å². The third-order valence-corrected chi connectivity index (χ3v) is 4.57. The number of phenolic OH excluding ortho intramolecular Hbond substituents is 1. The Hall–Kier alpha value is -3.97. The van der Waals surface area contributed by atoms with Crippen molar-refractivity contribution in [1.29, 1.82) is 0 Å². The highest BCUT2D eigenvalue weighted by Gasteiger charge is 2.14. The molecule has 0 saturated heterocycles. The largest absolute Gasteiger partial charge is 0.507 e. The number of nitrogens with one attached hydrogen (secondary N) is 1. The number of amides is 1. The highest BCUT2D eigenvalue weighted by molar-refractivity contribution is 6.33. The molecule has 0 spiro atoms. The number of nitrogens with zero attached hydrogens (tertiary/aromatic N) is 3. The normalized spacial score (nSPS) is 11.0. The van der Waals surface area contributed by atoms with Crippen LogP contribution in [0, 0.1) is 0 Å². The summed E-state index contributed by atoms with van der Waals surface area (Å²) >= 11 is 6.04. The van der Waals surface area contributed by atoms with Crippen molar-refractivity contribution >= 4 is 23.7 Å². The molecule has 1 amide bonds. The van der Waals surface area contributed by atoms with Crippen LogP contribution in [0.4, 0.5) is 0 Å². The second-order valence-electron chi connectivity index (χ2n) is 6.23. The Kier molecular flexibility index (Phi) is 5.54. The summed E-state index contributed by atoms with van der Waals surface area (Å²) in [4.78, 5) is 12.3. The molecule has 0 aliphatic rings. The molecule has 4 aromatic rings. The molecule has 3 aromatic carbocycles. The molecule has 30 heavy (non-hydrogen) atoms. The van der Waals surface area contributed by atoms with Crippen molar-refractivity contribution in [2.24, 2.45) is 5.10 Å². The molecule has 1 aromatic heterocycles. The molecule has 0 fully saturated rings. The Balaban J connectivity index is 1.45. The monoisotopic (exact) mass is 418 g/mol. The van der Waals surface area contributed by atoms with Crippen molar-refractivity contribution < 1.29 is 14.3 Å². The molecule has 8 heteroatoms. The summed E-state index contributed by atoms with van der Waals surface area (Å²) in [6.07, 6.45) is 1.48. The van der Waals surface area contributed by atoms with E-state index in [1.165, 1.54) is 6.21 Å². The molecule has 2 N–H and O–H groups in total. The number of aromatic hydroxyl groups is 1. The number of hydrogen-bond acceptors (Lipinski definition) is 6. The molecular weight excluding hydrogens is 404 g/mol. The number of phenols is 1. The Bertz CT molecular complexity index is 1220. The molecule has 4 rings (SSSR count). The third-order valence-electron chi connectivity index (χ3n) is 4.23. The Labute approximate surface area is 176 Å². The van der Waals surface area contributed by atoms with E-state index in [9.17, 15) is 9.90 Å². The van der Waals surface area contributed by atoms with E-state index in [1.54, 1.807) is 60.7 Å². The van der Waals surface area contributed by atoms with Crippen molar-refractivity contribution in [3.63, 3.8) is 0 Å². The van der Waals surface area contributed by atoms with Crippen LogP contribution in [0.15, 0.2) is 82.3 Å². The van der Waals surface area contributed by atoms with Gasteiger partial charge in [0, 0.05) is 21.7 Å². The fourth-order valence-electron chi connectivity index (χ4n) is 2.67. The minimum absolute atomic E-state index is 0.0528. The first kappa shape index (κ1) is 19.4. The smallest absolute Gasteiger partial charge is 0.271 e. The molecule has 0 atom stereocenters. The minimum Gasteiger partial charge on any atom is -0.507 e. The highest BCUT2D eigenvalue weighted by atomic mass is 35.5. The predicted molar refractivity (Wildman–Crippen MR) is 113 cm³/mol. The van der Waals surface area contributed by atoms with Gasteiger partial charge in [0.2, 0.25) is 5.89 Å². The lowest BCUT2D eigenvalue weighted by atomic mass is 10.1. The maximum atomic E-state index is 12.3. The van der Waals surface area contributed by atoms with Crippen LogP contribution in [0.2, 0.25) is 5.02 Å². The molecular formula is C22H15ClN4O3. The summed E-state index contributed by atoms with van der Waals surface area (Å²) < 4.78 is 5.64. The zero-order chi connectivity index (χ0) is 20.9.